The minimum absolute atomic E-state index is 0.127. The lowest BCUT2D eigenvalue weighted by Crippen LogP contribution is -2.40. The molecule has 1 unspecified atom stereocenters. The second-order valence-electron chi connectivity index (χ2n) is 4.60. The van der Waals surface area contributed by atoms with Crippen molar-refractivity contribution in [3.05, 3.63) is 18.1 Å². The molecule has 1 aliphatic rings. The van der Waals surface area contributed by atoms with Gasteiger partial charge in [-0.05, 0) is 25.2 Å². The van der Waals surface area contributed by atoms with Crippen molar-refractivity contribution in [3.8, 4) is 0 Å². The predicted octanol–water partition coefficient (Wildman–Crippen LogP) is 0.293. The minimum Gasteiger partial charge on any atom is -0.396 e. The first-order valence-corrected chi connectivity index (χ1v) is 6.18. The number of carbonyl (C=O) groups is 1. The van der Waals surface area contributed by atoms with Crippen molar-refractivity contribution < 1.29 is 9.90 Å². The van der Waals surface area contributed by atoms with E-state index in [0.717, 1.165) is 25.8 Å². The molecule has 0 radical (unpaired) electrons. The van der Waals surface area contributed by atoms with Gasteiger partial charge in [0.15, 0.2) is 0 Å². The molecular weight excluding hydrogens is 232 g/mol. The average Bonchev–Trinajstić information content (AvgIpc) is 2.39. The fourth-order valence-corrected chi connectivity index (χ4v) is 2.31. The smallest absolute Gasteiger partial charge is 0.274 e. The molecule has 1 atom stereocenters. The van der Waals surface area contributed by atoms with Crippen LogP contribution in [0.1, 0.15) is 29.8 Å². The van der Waals surface area contributed by atoms with E-state index in [0.29, 0.717) is 18.2 Å². The van der Waals surface area contributed by atoms with Crippen LogP contribution in [0.15, 0.2) is 12.4 Å². The van der Waals surface area contributed by atoms with Crippen molar-refractivity contribution in [2.75, 3.05) is 25.4 Å². The lowest BCUT2D eigenvalue weighted by Gasteiger charge is -2.32. The maximum atomic E-state index is 12.2. The Morgan fingerprint density at radius 2 is 2.39 bits per heavy atom. The van der Waals surface area contributed by atoms with Crippen LogP contribution in [-0.2, 0) is 0 Å². The Bertz CT molecular complexity index is 422. The van der Waals surface area contributed by atoms with Gasteiger partial charge in [-0.1, -0.05) is 0 Å². The molecule has 6 nitrogen and oxygen atoms in total. The lowest BCUT2D eigenvalue weighted by atomic mass is 9.95. The minimum atomic E-state index is -0.127. The van der Waals surface area contributed by atoms with Crippen LogP contribution in [0.2, 0.25) is 0 Å². The number of amides is 1. The zero-order valence-electron chi connectivity index (χ0n) is 10.2. The molecular formula is C12H18N4O2. The van der Waals surface area contributed by atoms with Crippen molar-refractivity contribution in [1.29, 1.82) is 0 Å². The highest BCUT2D eigenvalue weighted by Gasteiger charge is 2.25. The number of carbonyl (C=O) groups excluding carboxylic acids is 1. The van der Waals surface area contributed by atoms with E-state index < -0.39 is 0 Å². The van der Waals surface area contributed by atoms with E-state index in [2.05, 4.69) is 9.97 Å². The molecule has 0 spiro atoms. The Balaban J connectivity index is 2.04. The molecule has 1 fully saturated rings. The molecule has 0 saturated carbocycles. The Hall–Kier alpha value is -1.69. The molecule has 0 aromatic carbocycles. The van der Waals surface area contributed by atoms with Gasteiger partial charge in [0.05, 0.1) is 12.4 Å². The highest BCUT2D eigenvalue weighted by molar-refractivity contribution is 5.92. The van der Waals surface area contributed by atoms with E-state index in [1.165, 1.54) is 12.4 Å². The van der Waals surface area contributed by atoms with Crippen LogP contribution < -0.4 is 5.73 Å². The molecule has 2 heterocycles. The van der Waals surface area contributed by atoms with Gasteiger partial charge in [0.1, 0.15) is 11.5 Å². The number of hydrogen-bond acceptors (Lipinski definition) is 5. The van der Waals surface area contributed by atoms with Crippen LogP contribution in [0.25, 0.3) is 0 Å². The zero-order valence-corrected chi connectivity index (χ0v) is 10.2. The van der Waals surface area contributed by atoms with Crippen molar-refractivity contribution in [2.45, 2.75) is 19.3 Å². The van der Waals surface area contributed by atoms with Gasteiger partial charge in [-0.25, -0.2) is 4.98 Å². The largest absolute Gasteiger partial charge is 0.396 e. The van der Waals surface area contributed by atoms with E-state index in [1.54, 1.807) is 4.90 Å². The van der Waals surface area contributed by atoms with Gasteiger partial charge in [-0.15, -0.1) is 0 Å². The molecule has 0 aliphatic carbocycles. The topological polar surface area (TPSA) is 92.3 Å². The molecule has 98 valence electrons. The molecule has 0 bridgehead atoms. The summed E-state index contributed by atoms with van der Waals surface area (Å²) in [5.74, 6) is 0.504. The number of rotatable bonds is 3. The zero-order chi connectivity index (χ0) is 13.0. The molecule has 1 amide bonds. The maximum Gasteiger partial charge on any atom is 0.274 e. The van der Waals surface area contributed by atoms with Gasteiger partial charge in [0.25, 0.3) is 5.91 Å². The third kappa shape index (κ3) is 2.95. The number of nitrogens with zero attached hydrogens (tertiary/aromatic N) is 3. The molecule has 18 heavy (non-hydrogen) atoms. The van der Waals surface area contributed by atoms with Crippen molar-refractivity contribution in [3.63, 3.8) is 0 Å². The van der Waals surface area contributed by atoms with Gasteiger partial charge >= 0.3 is 0 Å². The summed E-state index contributed by atoms with van der Waals surface area (Å²) >= 11 is 0. The van der Waals surface area contributed by atoms with Crippen LogP contribution in [0.5, 0.6) is 0 Å². The normalized spacial score (nSPS) is 19.8. The van der Waals surface area contributed by atoms with Crippen LogP contribution in [0.3, 0.4) is 0 Å². The van der Waals surface area contributed by atoms with E-state index in [9.17, 15) is 4.79 Å². The van der Waals surface area contributed by atoms with Crippen LogP contribution in [-0.4, -0.2) is 45.6 Å². The second kappa shape index (κ2) is 5.77. The average molecular weight is 250 g/mol. The number of nitrogen functional groups attached to an aromatic ring is 1. The van der Waals surface area contributed by atoms with E-state index in [-0.39, 0.29) is 18.3 Å². The number of aliphatic hydroxyl groups excluding tert-OH is 1. The summed E-state index contributed by atoms with van der Waals surface area (Å²) in [6.45, 7) is 1.58. The van der Waals surface area contributed by atoms with Gasteiger partial charge in [0, 0.05) is 19.7 Å². The molecule has 2 rings (SSSR count). The van der Waals surface area contributed by atoms with Crippen LogP contribution >= 0.6 is 0 Å². The fourth-order valence-electron chi connectivity index (χ4n) is 2.31. The standard InChI is InChI=1S/C12H18N4O2/c13-11-7-14-6-10(15-11)12(18)16-4-1-2-9(8-16)3-5-17/h6-7,9,17H,1-5,8H2,(H2,13,15). The highest BCUT2D eigenvalue weighted by atomic mass is 16.3. The number of likely N-dealkylation sites (tertiary alicyclic amines) is 1. The van der Waals surface area contributed by atoms with Crippen LogP contribution in [0, 0.1) is 5.92 Å². The summed E-state index contributed by atoms with van der Waals surface area (Å²) in [6, 6.07) is 0. The van der Waals surface area contributed by atoms with Gasteiger partial charge in [-0.2, -0.15) is 0 Å². The Morgan fingerprint density at radius 3 is 3.11 bits per heavy atom. The third-order valence-corrected chi connectivity index (χ3v) is 3.22. The number of aliphatic hydroxyl groups is 1. The van der Waals surface area contributed by atoms with E-state index in [4.69, 9.17) is 10.8 Å². The molecule has 6 heteroatoms. The maximum absolute atomic E-state index is 12.2. The van der Waals surface area contributed by atoms with E-state index >= 15 is 0 Å². The number of nitrogens with two attached hydrogens (primary N) is 1. The second-order valence-corrected chi connectivity index (χ2v) is 4.60. The number of hydrogen-bond donors (Lipinski definition) is 2. The van der Waals surface area contributed by atoms with Crippen molar-refractivity contribution >= 4 is 11.7 Å². The van der Waals surface area contributed by atoms with Gasteiger partial charge in [0.2, 0.25) is 0 Å². The third-order valence-electron chi connectivity index (χ3n) is 3.22. The van der Waals surface area contributed by atoms with Gasteiger partial charge < -0.3 is 15.7 Å². The highest BCUT2D eigenvalue weighted by Crippen LogP contribution is 2.20. The number of aromatic nitrogens is 2. The summed E-state index contributed by atoms with van der Waals surface area (Å²) in [7, 11) is 0. The van der Waals surface area contributed by atoms with Crippen molar-refractivity contribution in [2.24, 2.45) is 5.92 Å². The first-order chi connectivity index (χ1) is 8.70. The fraction of sp³-hybridized carbons (Fsp3) is 0.583. The molecule has 1 aromatic heterocycles. The SMILES string of the molecule is Nc1cncc(C(=O)N2CCCC(CCO)C2)n1. The molecule has 3 N–H and O–H groups in total. The van der Waals surface area contributed by atoms with Crippen LogP contribution in [0.4, 0.5) is 5.82 Å². The first kappa shape index (κ1) is 12.8. The lowest BCUT2D eigenvalue weighted by molar-refractivity contribution is 0.0647. The molecule has 1 aliphatic heterocycles. The Morgan fingerprint density at radius 1 is 1.56 bits per heavy atom. The Kier molecular flexibility index (Phi) is 4.09. The summed E-state index contributed by atoms with van der Waals surface area (Å²) in [5.41, 5.74) is 5.81. The molecule has 1 saturated heterocycles. The summed E-state index contributed by atoms with van der Waals surface area (Å²) < 4.78 is 0. The summed E-state index contributed by atoms with van der Waals surface area (Å²) in [5, 5.41) is 8.95. The van der Waals surface area contributed by atoms with Crippen molar-refractivity contribution in [1.82, 2.24) is 14.9 Å². The Labute approximate surface area is 106 Å². The van der Waals surface area contributed by atoms with Gasteiger partial charge in [-0.3, -0.25) is 9.78 Å². The summed E-state index contributed by atoms with van der Waals surface area (Å²) in [4.78, 5) is 21.9. The number of piperidine rings is 1. The predicted molar refractivity (Wildman–Crippen MR) is 66.8 cm³/mol. The van der Waals surface area contributed by atoms with E-state index in [1.807, 2.05) is 0 Å². The first-order valence-electron chi connectivity index (χ1n) is 6.18. The molecule has 1 aromatic rings. The summed E-state index contributed by atoms with van der Waals surface area (Å²) in [6.07, 6.45) is 5.63. The number of anilines is 1. The quantitative estimate of drug-likeness (QED) is 0.804. The monoisotopic (exact) mass is 250 g/mol.